The quantitative estimate of drug-likeness (QED) is 0.679. The molecule has 0 spiro atoms. The average molecular weight is 333 g/mol. The van der Waals surface area contributed by atoms with Crippen molar-refractivity contribution in [3.63, 3.8) is 0 Å². The van der Waals surface area contributed by atoms with E-state index in [4.69, 9.17) is 0 Å². The lowest BCUT2D eigenvalue weighted by molar-refractivity contribution is 0.976. The first-order chi connectivity index (χ1) is 12.2. The van der Waals surface area contributed by atoms with Gasteiger partial charge in [-0.25, -0.2) is 0 Å². The molecule has 0 aliphatic carbocycles. The van der Waals surface area contributed by atoms with E-state index in [0.717, 1.165) is 24.2 Å². The summed E-state index contributed by atoms with van der Waals surface area (Å²) in [6.07, 6.45) is 3.52. The van der Waals surface area contributed by atoms with E-state index in [1.807, 2.05) is 12.1 Å². The van der Waals surface area contributed by atoms with Gasteiger partial charge in [0.2, 0.25) is 5.95 Å². The second-order valence-corrected chi connectivity index (χ2v) is 5.94. The van der Waals surface area contributed by atoms with Crippen molar-refractivity contribution in [1.29, 1.82) is 0 Å². The van der Waals surface area contributed by atoms with Gasteiger partial charge in [-0.2, -0.15) is 10.1 Å². The van der Waals surface area contributed by atoms with Crippen LogP contribution >= 0.6 is 0 Å². The molecule has 0 saturated carbocycles. The number of aromatic nitrogens is 3. The predicted octanol–water partition coefficient (Wildman–Crippen LogP) is 4.79. The van der Waals surface area contributed by atoms with Crippen molar-refractivity contribution in [3.8, 4) is 0 Å². The van der Waals surface area contributed by atoms with Crippen molar-refractivity contribution in [2.75, 3.05) is 10.6 Å². The molecule has 5 nitrogen and oxygen atoms in total. The maximum Gasteiger partial charge on any atom is 0.249 e. The molecule has 3 rings (SSSR count). The molecule has 2 aromatic carbocycles. The molecule has 0 fully saturated rings. The molecule has 0 aliphatic rings. The Morgan fingerprint density at radius 3 is 2.32 bits per heavy atom. The number of nitrogens with zero attached hydrogens (tertiary/aromatic N) is 3. The van der Waals surface area contributed by atoms with Crippen LogP contribution in [0.4, 0.5) is 23.1 Å². The number of hydrogen-bond acceptors (Lipinski definition) is 5. The number of rotatable bonds is 6. The molecule has 0 aliphatic heterocycles. The second kappa shape index (κ2) is 7.75. The Labute approximate surface area is 148 Å². The molecule has 3 aromatic rings. The highest BCUT2D eigenvalue weighted by atomic mass is 15.3. The van der Waals surface area contributed by atoms with E-state index >= 15 is 0 Å². The molecule has 0 radical (unpaired) electrons. The van der Waals surface area contributed by atoms with Gasteiger partial charge in [0.25, 0.3) is 0 Å². The number of benzene rings is 2. The topological polar surface area (TPSA) is 62.7 Å². The van der Waals surface area contributed by atoms with Gasteiger partial charge in [-0.15, -0.1) is 5.10 Å². The summed E-state index contributed by atoms with van der Waals surface area (Å²) >= 11 is 0. The number of nitrogens with one attached hydrogen (secondary N) is 2. The fraction of sp³-hybridized carbons (Fsp3) is 0.250. The van der Waals surface area contributed by atoms with Crippen molar-refractivity contribution in [2.24, 2.45) is 0 Å². The van der Waals surface area contributed by atoms with Crippen LogP contribution in [0.3, 0.4) is 0 Å². The second-order valence-electron chi connectivity index (χ2n) is 5.94. The van der Waals surface area contributed by atoms with Crippen LogP contribution in [0, 0.1) is 6.92 Å². The van der Waals surface area contributed by atoms with Gasteiger partial charge in [0, 0.05) is 11.4 Å². The largest absolute Gasteiger partial charge is 0.339 e. The van der Waals surface area contributed by atoms with E-state index in [0.29, 0.717) is 11.8 Å². The fourth-order valence-electron chi connectivity index (χ4n) is 2.80. The summed E-state index contributed by atoms with van der Waals surface area (Å²) in [4.78, 5) is 4.55. The third kappa shape index (κ3) is 4.12. The zero-order chi connectivity index (χ0) is 17.6. The standard InChI is InChI=1S/C20H23N5/c1-4-15-9-7-10-16(5-2)19(15)24-20-23-18(13-21-25-20)22-17-11-6-8-14(3)12-17/h6-13H,4-5H2,1-3H3,(H2,22,23,24,25). The van der Waals surface area contributed by atoms with E-state index in [-0.39, 0.29) is 0 Å². The fourth-order valence-corrected chi connectivity index (χ4v) is 2.80. The summed E-state index contributed by atoms with van der Waals surface area (Å²) in [7, 11) is 0. The van der Waals surface area contributed by atoms with Crippen LogP contribution in [0.5, 0.6) is 0 Å². The van der Waals surface area contributed by atoms with Crippen LogP contribution in [-0.4, -0.2) is 15.2 Å². The molecule has 1 aromatic heterocycles. The van der Waals surface area contributed by atoms with E-state index in [1.54, 1.807) is 6.20 Å². The average Bonchev–Trinajstić information content (AvgIpc) is 2.62. The Kier molecular flexibility index (Phi) is 5.23. The predicted molar refractivity (Wildman–Crippen MR) is 103 cm³/mol. The zero-order valence-corrected chi connectivity index (χ0v) is 14.9. The Morgan fingerprint density at radius 2 is 1.64 bits per heavy atom. The lowest BCUT2D eigenvalue weighted by Gasteiger charge is -2.14. The van der Waals surface area contributed by atoms with Gasteiger partial charge in [-0.3, -0.25) is 0 Å². The first kappa shape index (κ1) is 16.9. The van der Waals surface area contributed by atoms with Gasteiger partial charge in [0.1, 0.15) is 0 Å². The third-order valence-corrected chi connectivity index (χ3v) is 4.08. The van der Waals surface area contributed by atoms with Crippen molar-refractivity contribution in [3.05, 3.63) is 65.4 Å². The van der Waals surface area contributed by atoms with Crippen molar-refractivity contribution < 1.29 is 0 Å². The summed E-state index contributed by atoms with van der Waals surface area (Å²) in [6.45, 7) is 6.36. The monoisotopic (exact) mass is 333 g/mol. The number of aryl methyl sites for hydroxylation is 3. The number of anilines is 4. The SMILES string of the molecule is CCc1cccc(CC)c1Nc1nncc(Nc2cccc(C)c2)n1. The van der Waals surface area contributed by atoms with Gasteiger partial charge < -0.3 is 10.6 Å². The van der Waals surface area contributed by atoms with Gasteiger partial charge in [0.15, 0.2) is 5.82 Å². The molecule has 0 unspecified atom stereocenters. The maximum atomic E-state index is 4.55. The van der Waals surface area contributed by atoms with E-state index < -0.39 is 0 Å². The van der Waals surface area contributed by atoms with Gasteiger partial charge in [0.05, 0.1) is 6.20 Å². The molecule has 128 valence electrons. The Balaban J connectivity index is 1.85. The molecule has 0 atom stereocenters. The third-order valence-electron chi connectivity index (χ3n) is 4.08. The summed E-state index contributed by atoms with van der Waals surface area (Å²) in [5, 5.41) is 14.8. The van der Waals surface area contributed by atoms with Crippen LogP contribution in [0.25, 0.3) is 0 Å². The maximum absolute atomic E-state index is 4.55. The number of para-hydroxylation sites is 1. The molecule has 25 heavy (non-hydrogen) atoms. The van der Waals surface area contributed by atoms with E-state index in [9.17, 15) is 0 Å². The van der Waals surface area contributed by atoms with Crippen LogP contribution in [-0.2, 0) is 12.8 Å². The van der Waals surface area contributed by atoms with Crippen LogP contribution in [0.15, 0.2) is 48.7 Å². The van der Waals surface area contributed by atoms with Crippen LogP contribution < -0.4 is 10.6 Å². The normalized spacial score (nSPS) is 10.5. The summed E-state index contributed by atoms with van der Waals surface area (Å²) < 4.78 is 0. The highest BCUT2D eigenvalue weighted by molar-refractivity contribution is 5.65. The molecule has 0 saturated heterocycles. The van der Waals surface area contributed by atoms with Crippen molar-refractivity contribution >= 4 is 23.1 Å². The van der Waals surface area contributed by atoms with Crippen molar-refractivity contribution in [2.45, 2.75) is 33.6 Å². The molecule has 0 amide bonds. The minimum Gasteiger partial charge on any atom is -0.339 e. The molecular formula is C20H23N5. The van der Waals surface area contributed by atoms with Gasteiger partial charge >= 0.3 is 0 Å². The molecule has 2 N–H and O–H groups in total. The summed E-state index contributed by atoms with van der Waals surface area (Å²) in [5.74, 6) is 1.16. The first-order valence-electron chi connectivity index (χ1n) is 8.60. The molecule has 0 bridgehead atoms. The van der Waals surface area contributed by atoms with Crippen molar-refractivity contribution in [1.82, 2.24) is 15.2 Å². The molecule has 1 heterocycles. The lowest BCUT2D eigenvalue weighted by Crippen LogP contribution is -2.06. The van der Waals surface area contributed by atoms with E-state index in [1.165, 1.54) is 16.7 Å². The first-order valence-corrected chi connectivity index (χ1v) is 8.60. The number of hydrogen-bond donors (Lipinski definition) is 2. The highest BCUT2D eigenvalue weighted by Crippen LogP contribution is 2.25. The van der Waals surface area contributed by atoms with Gasteiger partial charge in [-0.1, -0.05) is 44.2 Å². The lowest BCUT2D eigenvalue weighted by atomic mass is 10.0. The Bertz CT molecular complexity index is 838. The van der Waals surface area contributed by atoms with Gasteiger partial charge in [-0.05, 0) is 48.6 Å². The summed E-state index contributed by atoms with van der Waals surface area (Å²) in [6, 6.07) is 14.5. The Hall–Kier alpha value is -2.95. The Morgan fingerprint density at radius 1 is 0.920 bits per heavy atom. The highest BCUT2D eigenvalue weighted by Gasteiger charge is 2.09. The van der Waals surface area contributed by atoms with Crippen LogP contribution in [0.2, 0.25) is 0 Å². The summed E-state index contributed by atoms with van der Waals surface area (Å²) in [5.41, 5.74) is 5.76. The zero-order valence-electron chi connectivity index (χ0n) is 14.9. The minimum atomic E-state index is 0.494. The smallest absolute Gasteiger partial charge is 0.249 e. The van der Waals surface area contributed by atoms with Crippen LogP contribution in [0.1, 0.15) is 30.5 Å². The molecule has 5 heteroatoms. The minimum absolute atomic E-state index is 0.494. The molecular weight excluding hydrogens is 310 g/mol. The van der Waals surface area contributed by atoms with E-state index in [2.05, 4.69) is 76.9 Å².